The summed E-state index contributed by atoms with van der Waals surface area (Å²) in [6.45, 7) is 0.372. The van der Waals surface area contributed by atoms with Gasteiger partial charge in [-0.15, -0.1) is 0 Å². The highest BCUT2D eigenvalue weighted by molar-refractivity contribution is 5.91. The average Bonchev–Trinajstić information content (AvgIpc) is 2.43. The van der Waals surface area contributed by atoms with E-state index in [1.807, 2.05) is 6.07 Å². The highest BCUT2D eigenvalue weighted by Gasteiger charge is 2.29. The number of fused-ring (bicyclic) bond motifs is 1. The zero-order valence-corrected chi connectivity index (χ0v) is 11.5. The van der Waals surface area contributed by atoms with Crippen molar-refractivity contribution < 1.29 is 5.11 Å². The number of benzene rings is 1. The van der Waals surface area contributed by atoms with Crippen molar-refractivity contribution in [2.75, 3.05) is 5.73 Å². The lowest BCUT2D eigenvalue weighted by atomic mass is 9.85. The Balaban J connectivity index is 2.00. The van der Waals surface area contributed by atoms with E-state index in [2.05, 4.69) is 0 Å². The molecule has 0 spiro atoms. The molecule has 20 heavy (non-hydrogen) atoms. The van der Waals surface area contributed by atoms with Crippen LogP contribution in [0.1, 0.15) is 32.1 Å². The van der Waals surface area contributed by atoms with Crippen LogP contribution >= 0.6 is 0 Å². The minimum atomic E-state index is -0.740. The lowest BCUT2D eigenvalue weighted by molar-refractivity contribution is -0.0121. The minimum absolute atomic E-state index is 0.0752. The second-order valence-electron chi connectivity index (χ2n) is 5.84. The molecule has 0 atom stereocenters. The Morgan fingerprint density at radius 2 is 1.90 bits per heavy atom. The van der Waals surface area contributed by atoms with Crippen LogP contribution in [0.3, 0.4) is 0 Å². The molecule has 1 fully saturated rings. The van der Waals surface area contributed by atoms with Gasteiger partial charge in [-0.1, -0.05) is 25.3 Å². The van der Waals surface area contributed by atoms with Gasteiger partial charge in [0.1, 0.15) is 0 Å². The van der Waals surface area contributed by atoms with Gasteiger partial charge < -0.3 is 15.4 Å². The van der Waals surface area contributed by atoms with Crippen LogP contribution in [0.15, 0.2) is 35.3 Å². The Hall–Kier alpha value is -1.81. The molecule has 3 rings (SSSR count). The quantitative estimate of drug-likeness (QED) is 0.824. The van der Waals surface area contributed by atoms with E-state index in [-0.39, 0.29) is 5.56 Å². The van der Waals surface area contributed by atoms with Crippen molar-refractivity contribution in [3.8, 4) is 0 Å². The van der Waals surface area contributed by atoms with Gasteiger partial charge in [0.25, 0.3) is 5.56 Å². The first-order chi connectivity index (χ1) is 9.59. The Bertz CT molecular complexity index is 684. The third kappa shape index (κ3) is 2.31. The standard InChI is InChI=1S/C16H20N2O2/c17-14-6-4-5-13-12(14)7-10-18(15(13)19)11-16(20)8-2-1-3-9-16/h4-7,10,20H,1-3,8-9,11,17H2. The largest absolute Gasteiger partial charge is 0.398 e. The average molecular weight is 272 g/mol. The van der Waals surface area contributed by atoms with Gasteiger partial charge in [0.2, 0.25) is 0 Å². The smallest absolute Gasteiger partial charge is 0.258 e. The molecule has 2 aromatic rings. The van der Waals surface area contributed by atoms with E-state index in [4.69, 9.17) is 5.73 Å². The van der Waals surface area contributed by atoms with Crippen LogP contribution in [-0.2, 0) is 6.54 Å². The maximum absolute atomic E-state index is 12.5. The maximum atomic E-state index is 12.5. The summed E-state index contributed by atoms with van der Waals surface area (Å²) in [5.74, 6) is 0. The molecule has 3 N–H and O–H groups in total. The van der Waals surface area contributed by atoms with Crippen molar-refractivity contribution in [3.63, 3.8) is 0 Å². The van der Waals surface area contributed by atoms with Gasteiger partial charge in [0.15, 0.2) is 0 Å². The molecule has 0 amide bonds. The molecular formula is C16H20N2O2. The van der Waals surface area contributed by atoms with Gasteiger partial charge in [-0.05, 0) is 31.0 Å². The number of anilines is 1. The molecule has 0 saturated heterocycles. The Labute approximate surface area is 117 Å². The zero-order valence-electron chi connectivity index (χ0n) is 11.5. The topological polar surface area (TPSA) is 68.2 Å². The molecular weight excluding hydrogens is 252 g/mol. The molecule has 0 aliphatic heterocycles. The monoisotopic (exact) mass is 272 g/mol. The molecule has 1 heterocycles. The fourth-order valence-electron chi connectivity index (χ4n) is 3.15. The number of hydrogen-bond donors (Lipinski definition) is 2. The van der Waals surface area contributed by atoms with Crippen molar-refractivity contribution >= 4 is 16.5 Å². The summed E-state index contributed by atoms with van der Waals surface area (Å²) in [6.07, 6.45) is 6.53. The van der Waals surface area contributed by atoms with Crippen LogP contribution in [0.2, 0.25) is 0 Å². The Kier molecular flexibility index (Phi) is 3.26. The number of nitrogens with zero attached hydrogens (tertiary/aromatic N) is 1. The molecule has 1 aliphatic carbocycles. The minimum Gasteiger partial charge on any atom is -0.398 e. The van der Waals surface area contributed by atoms with Gasteiger partial charge in [0.05, 0.1) is 12.1 Å². The summed E-state index contributed by atoms with van der Waals surface area (Å²) < 4.78 is 1.62. The van der Waals surface area contributed by atoms with Crippen molar-refractivity contribution in [1.29, 1.82) is 0 Å². The first-order valence-electron chi connectivity index (χ1n) is 7.19. The van der Waals surface area contributed by atoms with Crippen molar-refractivity contribution in [3.05, 3.63) is 40.8 Å². The van der Waals surface area contributed by atoms with Crippen LogP contribution in [0, 0.1) is 0 Å². The number of hydrogen-bond acceptors (Lipinski definition) is 3. The van der Waals surface area contributed by atoms with Gasteiger partial charge >= 0.3 is 0 Å². The number of aromatic nitrogens is 1. The number of nitrogen functional groups attached to an aromatic ring is 1. The summed E-state index contributed by atoms with van der Waals surface area (Å²) in [6, 6.07) is 7.23. The maximum Gasteiger partial charge on any atom is 0.258 e. The van der Waals surface area contributed by atoms with Crippen LogP contribution in [0.4, 0.5) is 5.69 Å². The van der Waals surface area contributed by atoms with E-state index >= 15 is 0 Å². The van der Waals surface area contributed by atoms with Gasteiger partial charge in [-0.2, -0.15) is 0 Å². The van der Waals surface area contributed by atoms with Gasteiger partial charge in [-0.25, -0.2) is 0 Å². The highest BCUT2D eigenvalue weighted by Crippen LogP contribution is 2.29. The van der Waals surface area contributed by atoms with Gasteiger partial charge in [0, 0.05) is 22.7 Å². The van der Waals surface area contributed by atoms with Crippen molar-refractivity contribution in [1.82, 2.24) is 4.57 Å². The number of pyridine rings is 1. The SMILES string of the molecule is Nc1cccc2c(=O)n(CC3(O)CCCCC3)ccc12. The van der Waals surface area contributed by atoms with E-state index in [1.54, 1.807) is 29.0 Å². The summed E-state index contributed by atoms with van der Waals surface area (Å²) in [4.78, 5) is 12.5. The van der Waals surface area contributed by atoms with Crippen molar-refractivity contribution in [2.45, 2.75) is 44.2 Å². The fraction of sp³-hybridized carbons (Fsp3) is 0.438. The van der Waals surface area contributed by atoms with Crippen LogP contribution in [-0.4, -0.2) is 15.3 Å². The molecule has 1 aliphatic rings. The van der Waals surface area contributed by atoms with Gasteiger partial charge in [-0.3, -0.25) is 4.79 Å². The summed E-state index contributed by atoms with van der Waals surface area (Å²) in [7, 11) is 0. The summed E-state index contributed by atoms with van der Waals surface area (Å²) >= 11 is 0. The third-order valence-electron chi connectivity index (χ3n) is 4.30. The first-order valence-corrected chi connectivity index (χ1v) is 7.19. The first kappa shape index (κ1) is 13.2. The number of nitrogens with two attached hydrogens (primary N) is 1. The van der Waals surface area contributed by atoms with E-state index in [0.717, 1.165) is 31.1 Å². The zero-order chi connectivity index (χ0) is 14.2. The molecule has 1 aromatic heterocycles. The van der Waals surface area contributed by atoms with Crippen LogP contribution in [0.5, 0.6) is 0 Å². The third-order valence-corrected chi connectivity index (χ3v) is 4.30. The second-order valence-corrected chi connectivity index (χ2v) is 5.84. The van der Waals surface area contributed by atoms with E-state index in [1.165, 1.54) is 6.42 Å². The Morgan fingerprint density at radius 3 is 2.65 bits per heavy atom. The van der Waals surface area contributed by atoms with Crippen LogP contribution in [0.25, 0.3) is 10.8 Å². The molecule has 0 radical (unpaired) electrons. The van der Waals surface area contributed by atoms with E-state index in [0.29, 0.717) is 17.6 Å². The highest BCUT2D eigenvalue weighted by atomic mass is 16.3. The number of rotatable bonds is 2. The molecule has 4 nitrogen and oxygen atoms in total. The molecule has 0 unspecified atom stereocenters. The van der Waals surface area contributed by atoms with Crippen LogP contribution < -0.4 is 11.3 Å². The van der Waals surface area contributed by atoms with E-state index < -0.39 is 5.60 Å². The second kappa shape index (κ2) is 4.94. The normalized spacial score (nSPS) is 18.2. The number of aliphatic hydroxyl groups is 1. The molecule has 0 bridgehead atoms. The predicted molar refractivity (Wildman–Crippen MR) is 80.7 cm³/mol. The molecule has 1 aromatic carbocycles. The van der Waals surface area contributed by atoms with E-state index in [9.17, 15) is 9.90 Å². The summed E-state index contributed by atoms with van der Waals surface area (Å²) in [5.41, 5.74) is 5.69. The molecule has 1 saturated carbocycles. The Morgan fingerprint density at radius 1 is 1.15 bits per heavy atom. The summed E-state index contributed by atoms with van der Waals surface area (Å²) in [5, 5.41) is 12.0. The fourth-order valence-corrected chi connectivity index (χ4v) is 3.15. The lowest BCUT2D eigenvalue weighted by Crippen LogP contribution is -2.39. The van der Waals surface area contributed by atoms with Crippen molar-refractivity contribution in [2.24, 2.45) is 0 Å². The predicted octanol–water partition coefficient (Wildman–Crippen LogP) is 2.28. The molecule has 4 heteroatoms. The molecule has 106 valence electrons. The lowest BCUT2D eigenvalue weighted by Gasteiger charge is -2.32.